The minimum Gasteiger partial charge on any atom is -0.495 e. The average Bonchev–Trinajstić information content (AvgIpc) is 2.67. The molecule has 2 heterocycles. The van der Waals surface area contributed by atoms with Crippen LogP contribution in [0.4, 0.5) is 11.6 Å². The summed E-state index contributed by atoms with van der Waals surface area (Å²) in [4.78, 5) is 25.2. The molecule has 1 amide bonds. The Hall–Kier alpha value is -3.48. The van der Waals surface area contributed by atoms with Gasteiger partial charge in [-0.05, 0) is 42.8 Å². The Morgan fingerprint density at radius 3 is 2.65 bits per heavy atom. The summed E-state index contributed by atoms with van der Waals surface area (Å²) in [6.45, 7) is 2.36. The third-order valence-electron chi connectivity index (χ3n) is 3.64. The number of rotatable bonds is 6. The number of hydrogen-bond acceptors (Lipinski definition) is 6. The smallest absolute Gasteiger partial charge is 0.274 e. The fraction of sp³-hybridized carbons (Fsp3) is 0.158. The van der Waals surface area contributed by atoms with Crippen LogP contribution in [0.2, 0.25) is 0 Å². The Labute approximate surface area is 151 Å². The van der Waals surface area contributed by atoms with E-state index >= 15 is 0 Å². The highest BCUT2D eigenvalue weighted by molar-refractivity contribution is 6.03. The monoisotopic (exact) mass is 349 g/mol. The number of methoxy groups -OCH3 is 1. The van der Waals surface area contributed by atoms with Crippen LogP contribution in [0.1, 0.15) is 21.7 Å². The predicted octanol–water partition coefficient (Wildman–Crippen LogP) is 3.05. The van der Waals surface area contributed by atoms with Crippen LogP contribution in [0.25, 0.3) is 0 Å². The van der Waals surface area contributed by atoms with Gasteiger partial charge >= 0.3 is 0 Å². The molecular formula is C19H19N5O2. The maximum Gasteiger partial charge on any atom is 0.274 e. The Morgan fingerprint density at radius 2 is 1.88 bits per heavy atom. The van der Waals surface area contributed by atoms with E-state index in [0.717, 1.165) is 5.56 Å². The highest BCUT2D eigenvalue weighted by Gasteiger charge is 2.13. The van der Waals surface area contributed by atoms with Gasteiger partial charge in [0.1, 0.15) is 11.4 Å². The molecule has 0 saturated carbocycles. The average molecular weight is 349 g/mol. The van der Waals surface area contributed by atoms with Crippen molar-refractivity contribution in [1.82, 2.24) is 15.0 Å². The third-order valence-corrected chi connectivity index (χ3v) is 3.64. The summed E-state index contributed by atoms with van der Waals surface area (Å²) >= 11 is 0. The zero-order chi connectivity index (χ0) is 18.4. The molecule has 0 spiro atoms. The fourth-order valence-corrected chi connectivity index (χ4v) is 2.38. The van der Waals surface area contributed by atoms with Gasteiger partial charge in [-0.1, -0.05) is 12.1 Å². The van der Waals surface area contributed by atoms with E-state index in [0.29, 0.717) is 29.6 Å². The molecule has 26 heavy (non-hydrogen) atoms. The van der Waals surface area contributed by atoms with Gasteiger partial charge in [-0.2, -0.15) is 0 Å². The summed E-state index contributed by atoms with van der Waals surface area (Å²) in [7, 11) is 1.56. The topological polar surface area (TPSA) is 89.0 Å². The van der Waals surface area contributed by atoms with E-state index in [9.17, 15) is 4.79 Å². The van der Waals surface area contributed by atoms with Gasteiger partial charge in [-0.3, -0.25) is 9.78 Å². The van der Waals surface area contributed by atoms with E-state index in [4.69, 9.17) is 4.74 Å². The van der Waals surface area contributed by atoms with Gasteiger partial charge in [-0.25, -0.2) is 9.97 Å². The molecule has 0 radical (unpaired) electrons. The molecule has 2 aromatic heterocycles. The van der Waals surface area contributed by atoms with E-state index in [2.05, 4.69) is 25.6 Å². The quantitative estimate of drug-likeness (QED) is 0.711. The van der Waals surface area contributed by atoms with Crippen molar-refractivity contribution in [3.05, 3.63) is 71.8 Å². The number of para-hydroxylation sites is 2. The molecule has 1 aromatic carbocycles. The van der Waals surface area contributed by atoms with Crippen LogP contribution < -0.4 is 15.4 Å². The number of anilines is 2. The van der Waals surface area contributed by atoms with Crippen molar-refractivity contribution in [2.24, 2.45) is 0 Å². The minimum absolute atomic E-state index is 0.278. The second-order valence-corrected chi connectivity index (χ2v) is 5.58. The van der Waals surface area contributed by atoms with Crippen LogP contribution in [0.3, 0.4) is 0 Å². The number of amides is 1. The highest BCUT2D eigenvalue weighted by atomic mass is 16.5. The summed E-state index contributed by atoms with van der Waals surface area (Å²) in [5, 5.41) is 5.94. The molecule has 0 saturated heterocycles. The molecule has 0 unspecified atom stereocenters. The first-order valence-corrected chi connectivity index (χ1v) is 8.08. The van der Waals surface area contributed by atoms with Crippen molar-refractivity contribution >= 4 is 17.5 Å². The van der Waals surface area contributed by atoms with Crippen molar-refractivity contribution in [3.63, 3.8) is 0 Å². The van der Waals surface area contributed by atoms with Gasteiger partial charge in [0.2, 0.25) is 5.95 Å². The Kier molecular flexibility index (Phi) is 5.38. The summed E-state index contributed by atoms with van der Waals surface area (Å²) in [6.07, 6.45) is 3.44. The molecule has 0 aliphatic heterocycles. The third kappa shape index (κ3) is 4.32. The minimum atomic E-state index is -0.327. The molecule has 0 aliphatic carbocycles. The van der Waals surface area contributed by atoms with Gasteiger partial charge in [0.15, 0.2) is 0 Å². The number of benzene rings is 1. The van der Waals surface area contributed by atoms with Crippen LogP contribution in [0.5, 0.6) is 5.75 Å². The number of pyridine rings is 1. The molecule has 3 aromatic rings. The largest absolute Gasteiger partial charge is 0.495 e. The van der Waals surface area contributed by atoms with Crippen molar-refractivity contribution in [3.8, 4) is 5.75 Å². The van der Waals surface area contributed by atoms with Gasteiger partial charge in [0.25, 0.3) is 5.91 Å². The number of nitrogens with one attached hydrogen (secondary N) is 2. The summed E-state index contributed by atoms with van der Waals surface area (Å²) < 4.78 is 5.25. The Bertz CT molecular complexity index is 899. The summed E-state index contributed by atoms with van der Waals surface area (Å²) in [6, 6.07) is 12.7. The van der Waals surface area contributed by atoms with E-state index in [1.54, 1.807) is 37.7 Å². The van der Waals surface area contributed by atoms with Crippen molar-refractivity contribution in [2.75, 3.05) is 17.7 Å². The lowest BCUT2D eigenvalue weighted by atomic mass is 10.2. The predicted molar refractivity (Wildman–Crippen MR) is 99.3 cm³/mol. The first-order chi connectivity index (χ1) is 12.7. The second kappa shape index (κ2) is 8.06. The number of hydrogen-bond donors (Lipinski definition) is 2. The number of carbonyl (C=O) groups is 1. The number of aryl methyl sites for hydroxylation is 1. The summed E-state index contributed by atoms with van der Waals surface area (Å²) in [5.74, 6) is 0.654. The van der Waals surface area contributed by atoms with E-state index in [1.807, 2.05) is 31.2 Å². The zero-order valence-electron chi connectivity index (χ0n) is 14.6. The van der Waals surface area contributed by atoms with Gasteiger partial charge in [0, 0.05) is 24.6 Å². The molecule has 0 aliphatic rings. The summed E-state index contributed by atoms with van der Waals surface area (Å²) in [5.41, 5.74) is 2.61. The van der Waals surface area contributed by atoms with E-state index in [1.165, 1.54) is 0 Å². The molecular weight excluding hydrogens is 330 g/mol. The molecule has 7 heteroatoms. The molecule has 2 N–H and O–H groups in total. The van der Waals surface area contributed by atoms with Crippen molar-refractivity contribution in [2.45, 2.75) is 13.5 Å². The molecule has 132 valence electrons. The number of carbonyl (C=O) groups excluding carboxylic acids is 1. The normalized spacial score (nSPS) is 10.2. The van der Waals surface area contributed by atoms with Gasteiger partial charge in [0.05, 0.1) is 12.8 Å². The lowest BCUT2D eigenvalue weighted by molar-refractivity contribution is 0.102. The number of nitrogens with zero attached hydrogens (tertiary/aromatic N) is 3. The standard InChI is InChI=1S/C19H19N5O2/c1-13-11-16(18(25)23-15-5-3-4-6-17(15)26-2)24-19(22-13)21-12-14-7-9-20-10-8-14/h3-11H,12H2,1-2H3,(H,23,25)(H,21,22,24). The SMILES string of the molecule is COc1ccccc1NC(=O)c1cc(C)nc(NCc2ccncc2)n1. The van der Waals surface area contributed by atoms with Gasteiger partial charge in [-0.15, -0.1) is 0 Å². The van der Waals surface area contributed by atoms with Crippen LogP contribution in [-0.4, -0.2) is 28.0 Å². The van der Waals surface area contributed by atoms with Crippen LogP contribution in [-0.2, 0) is 6.54 Å². The first-order valence-electron chi connectivity index (χ1n) is 8.08. The van der Waals surface area contributed by atoms with Gasteiger partial charge < -0.3 is 15.4 Å². The van der Waals surface area contributed by atoms with E-state index in [-0.39, 0.29) is 11.6 Å². The maximum absolute atomic E-state index is 12.6. The lowest BCUT2D eigenvalue weighted by Gasteiger charge is -2.11. The number of ether oxygens (including phenoxy) is 1. The van der Waals surface area contributed by atoms with Crippen LogP contribution in [0, 0.1) is 6.92 Å². The highest BCUT2D eigenvalue weighted by Crippen LogP contribution is 2.23. The Morgan fingerprint density at radius 1 is 1.12 bits per heavy atom. The maximum atomic E-state index is 12.6. The lowest BCUT2D eigenvalue weighted by Crippen LogP contribution is -2.16. The fourth-order valence-electron chi connectivity index (χ4n) is 2.38. The van der Waals surface area contributed by atoms with Crippen LogP contribution in [0.15, 0.2) is 54.9 Å². The van der Waals surface area contributed by atoms with Crippen LogP contribution >= 0.6 is 0 Å². The van der Waals surface area contributed by atoms with E-state index < -0.39 is 0 Å². The molecule has 3 rings (SSSR count). The first kappa shape index (κ1) is 17.3. The second-order valence-electron chi connectivity index (χ2n) is 5.58. The number of aromatic nitrogens is 3. The Balaban J connectivity index is 1.75. The van der Waals surface area contributed by atoms with Crippen molar-refractivity contribution < 1.29 is 9.53 Å². The molecule has 7 nitrogen and oxygen atoms in total. The molecule has 0 atom stereocenters. The zero-order valence-corrected chi connectivity index (χ0v) is 14.6. The van der Waals surface area contributed by atoms with Crippen molar-refractivity contribution in [1.29, 1.82) is 0 Å². The molecule has 0 fully saturated rings. The molecule has 0 bridgehead atoms.